The summed E-state index contributed by atoms with van der Waals surface area (Å²) in [7, 11) is 3.84. The number of hydrogen-bond acceptors (Lipinski definition) is 4. The molecule has 0 bridgehead atoms. The van der Waals surface area contributed by atoms with Crippen LogP contribution in [0.4, 0.5) is 0 Å². The molecule has 0 saturated carbocycles. The zero-order chi connectivity index (χ0) is 20.1. The van der Waals surface area contributed by atoms with Gasteiger partial charge in [-0.05, 0) is 31.4 Å². The lowest BCUT2D eigenvalue weighted by Gasteiger charge is -2.21. The molecule has 1 aliphatic heterocycles. The van der Waals surface area contributed by atoms with E-state index < -0.39 is 0 Å². The van der Waals surface area contributed by atoms with E-state index in [-0.39, 0.29) is 0 Å². The average molecular weight is 395 g/mol. The molecule has 1 aromatic carbocycles. The van der Waals surface area contributed by atoms with E-state index in [1.165, 1.54) is 19.3 Å². The molecule has 1 aliphatic rings. The van der Waals surface area contributed by atoms with E-state index in [0.717, 1.165) is 66.7 Å². The molecule has 0 amide bonds. The first-order chi connectivity index (χ1) is 14.2. The van der Waals surface area contributed by atoms with Gasteiger partial charge in [0.1, 0.15) is 23.0 Å². The van der Waals surface area contributed by atoms with Crippen molar-refractivity contribution in [1.29, 1.82) is 0 Å². The van der Waals surface area contributed by atoms with Gasteiger partial charge >= 0.3 is 0 Å². The van der Waals surface area contributed by atoms with Gasteiger partial charge in [-0.1, -0.05) is 24.6 Å². The Morgan fingerprint density at radius 1 is 1.24 bits per heavy atom. The molecule has 0 spiro atoms. The zero-order valence-electron chi connectivity index (χ0n) is 17.4. The molecule has 0 saturated heterocycles. The van der Waals surface area contributed by atoms with Gasteiger partial charge < -0.3 is 19.2 Å². The predicted octanol–water partition coefficient (Wildman–Crippen LogP) is 3.39. The fraction of sp³-hybridized carbons (Fsp3) is 0.500. The van der Waals surface area contributed by atoms with Gasteiger partial charge in [-0.2, -0.15) is 0 Å². The molecule has 0 fully saturated rings. The summed E-state index contributed by atoms with van der Waals surface area (Å²) in [6.07, 6.45) is 6.74. The summed E-state index contributed by atoms with van der Waals surface area (Å²) in [4.78, 5) is 6.50. The fourth-order valence-electron chi connectivity index (χ4n) is 3.99. The van der Waals surface area contributed by atoms with E-state index in [4.69, 9.17) is 4.42 Å². The fourth-order valence-corrected chi connectivity index (χ4v) is 3.99. The van der Waals surface area contributed by atoms with Crippen LogP contribution < -0.4 is 5.32 Å². The van der Waals surface area contributed by atoms with E-state index in [1.54, 1.807) is 0 Å². The average Bonchev–Trinajstić information content (AvgIpc) is 3.23. The molecule has 7 nitrogen and oxygen atoms in total. The van der Waals surface area contributed by atoms with Crippen LogP contribution in [-0.2, 0) is 25.9 Å². The first-order valence-corrected chi connectivity index (χ1v) is 10.5. The van der Waals surface area contributed by atoms with Crippen LogP contribution in [-0.4, -0.2) is 46.3 Å². The third kappa shape index (κ3) is 4.60. The number of guanidine groups is 1. The Balaban J connectivity index is 1.27. The van der Waals surface area contributed by atoms with Crippen LogP contribution in [0.3, 0.4) is 0 Å². The third-order valence-electron chi connectivity index (χ3n) is 5.49. The van der Waals surface area contributed by atoms with Crippen molar-refractivity contribution in [2.75, 3.05) is 20.6 Å². The van der Waals surface area contributed by atoms with Gasteiger partial charge in [0.25, 0.3) is 0 Å². The maximum Gasteiger partial charge on any atom is 0.193 e. The van der Waals surface area contributed by atoms with E-state index in [9.17, 15) is 0 Å². The van der Waals surface area contributed by atoms with Crippen LogP contribution in [0.5, 0.6) is 0 Å². The molecule has 0 atom stereocenters. The van der Waals surface area contributed by atoms with Crippen LogP contribution >= 0.6 is 0 Å². The van der Waals surface area contributed by atoms with Gasteiger partial charge in [0, 0.05) is 45.4 Å². The lowest BCUT2D eigenvalue weighted by Crippen LogP contribution is -2.38. The van der Waals surface area contributed by atoms with E-state index in [2.05, 4.69) is 42.1 Å². The molecule has 0 unspecified atom stereocenters. The van der Waals surface area contributed by atoms with Gasteiger partial charge in [0.2, 0.25) is 0 Å². The second-order valence-electron chi connectivity index (χ2n) is 7.68. The summed E-state index contributed by atoms with van der Waals surface area (Å²) >= 11 is 0. The van der Waals surface area contributed by atoms with Crippen LogP contribution in [0.15, 0.2) is 39.7 Å². The SMILES string of the molecule is CN=C(NCCCc1nnc2n1CCCCC2)N(C)Cc1cc2ccccc2o1. The molecule has 0 aliphatic carbocycles. The minimum Gasteiger partial charge on any atom is -0.459 e. The molecule has 29 heavy (non-hydrogen) atoms. The van der Waals surface area contributed by atoms with E-state index >= 15 is 0 Å². The third-order valence-corrected chi connectivity index (χ3v) is 5.49. The number of aryl methyl sites for hydroxylation is 2. The van der Waals surface area contributed by atoms with Crippen molar-refractivity contribution in [3.05, 3.63) is 47.7 Å². The van der Waals surface area contributed by atoms with Crippen LogP contribution in [0, 0.1) is 0 Å². The van der Waals surface area contributed by atoms with Crippen molar-refractivity contribution >= 4 is 16.9 Å². The number of hydrogen-bond donors (Lipinski definition) is 1. The number of aromatic nitrogens is 3. The first-order valence-electron chi connectivity index (χ1n) is 10.5. The summed E-state index contributed by atoms with van der Waals surface area (Å²) in [5.74, 6) is 4.08. The summed E-state index contributed by atoms with van der Waals surface area (Å²) in [6.45, 7) is 2.58. The number of nitrogens with one attached hydrogen (secondary N) is 1. The number of aliphatic imine (C=N–C) groups is 1. The van der Waals surface area contributed by atoms with Gasteiger partial charge in [0.15, 0.2) is 5.96 Å². The van der Waals surface area contributed by atoms with Crippen molar-refractivity contribution in [1.82, 2.24) is 25.0 Å². The maximum absolute atomic E-state index is 5.93. The van der Waals surface area contributed by atoms with Gasteiger partial charge in [0.05, 0.1) is 6.54 Å². The second-order valence-corrected chi connectivity index (χ2v) is 7.68. The topological polar surface area (TPSA) is 71.5 Å². The Hall–Kier alpha value is -2.83. The van der Waals surface area contributed by atoms with Crippen molar-refractivity contribution in [2.24, 2.45) is 4.99 Å². The lowest BCUT2D eigenvalue weighted by molar-refractivity contribution is 0.412. The van der Waals surface area contributed by atoms with Gasteiger partial charge in [-0.15, -0.1) is 10.2 Å². The molecule has 4 rings (SSSR count). The maximum atomic E-state index is 5.93. The number of fused-ring (bicyclic) bond motifs is 2. The highest BCUT2D eigenvalue weighted by Crippen LogP contribution is 2.19. The standard InChI is InChI=1S/C22H30N6O/c1-23-22(27(2)16-18-15-17-9-5-6-10-19(17)29-18)24-13-8-12-21-26-25-20-11-4-3-7-14-28(20)21/h5-6,9-10,15H,3-4,7-8,11-14,16H2,1-2H3,(H,23,24). The number of rotatable bonds is 6. The number of nitrogens with zero attached hydrogens (tertiary/aromatic N) is 5. The highest BCUT2D eigenvalue weighted by molar-refractivity contribution is 5.80. The lowest BCUT2D eigenvalue weighted by atomic mass is 10.2. The normalized spacial score (nSPS) is 14.6. The highest BCUT2D eigenvalue weighted by Gasteiger charge is 2.14. The minimum absolute atomic E-state index is 0.673. The van der Waals surface area contributed by atoms with Crippen LogP contribution in [0.2, 0.25) is 0 Å². The summed E-state index contributed by atoms with van der Waals surface area (Å²) in [6, 6.07) is 10.2. The summed E-state index contributed by atoms with van der Waals surface area (Å²) in [5, 5.41) is 13.4. The molecule has 7 heteroatoms. The predicted molar refractivity (Wildman–Crippen MR) is 115 cm³/mol. The molecular weight excluding hydrogens is 364 g/mol. The van der Waals surface area contributed by atoms with E-state index in [1.807, 2.05) is 32.3 Å². The van der Waals surface area contributed by atoms with Crippen molar-refractivity contribution in [2.45, 2.75) is 51.6 Å². The smallest absolute Gasteiger partial charge is 0.193 e. The van der Waals surface area contributed by atoms with Crippen LogP contribution in [0.1, 0.15) is 43.1 Å². The van der Waals surface area contributed by atoms with Gasteiger partial charge in [-0.3, -0.25) is 4.99 Å². The molecule has 3 heterocycles. The molecule has 154 valence electrons. The zero-order valence-corrected chi connectivity index (χ0v) is 17.4. The molecule has 2 aromatic heterocycles. The van der Waals surface area contributed by atoms with Crippen molar-refractivity contribution < 1.29 is 4.42 Å². The molecule has 1 N–H and O–H groups in total. The largest absolute Gasteiger partial charge is 0.459 e. The second kappa shape index (κ2) is 9.11. The van der Waals surface area contributed by atoms with E-state index in [0.29, 0.717) is 6.54 Å². The number of furan rings is 1. The highest BCUT2D eigenvalue weighted by atomic mass is 16.3. The first kappa shape index (κ1) is 19.5. The van der Waals surface area contributed by atoms with Crippen molar-refractivity contribution in [3.8, 4) is 0 Å². The Morgan fingerprint density at radius 2 is 2.14 bits per heavy atom. The Kier molecular flexibility index (Phi) is 6.12. The van der Waals surface area contributed by atoms with Crippen LogP contribution in [0.25, 0.3) is 11.0 Å². The number of para-hydroxylation sites is 1. The Morgan fingerprint density at radius 3 is 3.00 bits per heavy atom. The summed E-state index contributed by atoms with van der Waals surface area (Å²) in [5.41, 5.74) is 0.922. The minimum atomic E-state index is 0.673. The Labute approximate surface area is 171 Å². The monoisotopic (exact) mass is 394 g/mol. The molecule has 3 aromatic rings. The van der Waals surface area contributed by atoms with Gasteiger partial charge in [-0.25, -0.2) is 0 Å². The Bertz CT molecular complexity index is 940. The molecular formula is C22H30N6O. The summed E-state index contributed by atoms with van der Waals surface area (Å²) < 4.78 is 8.26. The molecule has 0 radical (unpaired) electrons. The number of benzene rings is 1. The van der Waals surface area contributed by atoms with Crippen molar-refractivity contribution in [3.63, 3.8) is 0 Å². The quantitative estimate of drug-likeness (QED) is 0.394.